The monoisotopic (exact) mass is 892 g/mol. The summed E-state index contributed by atoms with van der Waals surface area (Å²) < 4.78 is 34.0. The van der Waals surface area contributed by atoms with Crippen molar-refractivity contribution in [3.8, 4) is 0 Å². The SMILES string of the molecule is CC/C=C\C/C=C\C/C=C\C/C=C\C/C=C\CCCCCCCC(=O)OC(COC(=O)CCCCCCCCCCCCCCCCCCC)COP(=O)([O-])OCC[N+](C)(C)C. The molecule has 2 atom stereocenters. The minimum atomic E-state index is -4.64. The Balaban J connectivity index is 4.32. The van der Waals surface area contributed by atoms with Crippen LogP contribution in [0.3, 0.4) is 0 Å². The quantitative estimate of drug-likeness (QED) is 0.0195. The van der Waals surface area contributed by atoms with Gasteiger partial charge in [-0.25, -0.2) is 0 Å². The van der Waals surface area contributed by atoms with Crippen LogP contribution < -0.4 is 4.89 Å². The average molecular weight is 892 g/mol. The van der Waals surface area contributed by atoms with Gasteiger partial charge in [-0.05, 0) is 57.8 Å². The van der Waals surface area contributed by atoms with E-state index in [1.54, 1.807) is 0 Å². The summed E-state index contributed by atoms with van der Waals surface area (Å²) in [7, 11) is 1.15. The lowest BCUT2D eigenvalue weighted by atomic mass is 10.0. The number of carbonyl (C=O) groups excluding carboxylic acids is 2. The smallest absolute Gasteiger partial charge is 0.306 e. The van der Waals surface area contributed by atoms with E-state index >= 15 is 0 Å². The maximum Gasteiger partial charge on any atom is 0.306 e. The van der Waals surface area contributed by atoms with Crippen LogP contribution in [0.4, 0.5) is 0 Å². The minimum absolute atomic E-state index is 0.0363. The number of phosphoric acid groups is 1. The second-order valence-corrected chi connectivity index (χ2v) is 19.2. The molecule has 0 aromatic rings. The number of rotatable bonds is 45. The van der Waals surface area contributed by atoms with Gasteiger partial charge in [0.1, 0.15) is 19.8 Å². The molecule has 0 radical (unpaired) electrons. The molecule has 0 aliphatic rings. The third-order valence-corrected chi connectivity index (χ3v) is 11.5. The molecule has 0 saturated carbocycles. The number of unbranched alkanes of at least 4 members (excludes halogenated alkanes) is 21. The molecule has 360 valence electrons. The molecule has 0 aliphatic carbocycles. The number of ether oxygens (including phenoxy) is 2. The van der Waals surface area contributed by atoms with Gasteiger partial charge in [0.15, 0.2) is 6.10 Å². The van der Waals surface area contributed by atoms with E-state index in [4.69, 9.17) is 18.5 Å². The van der Waals surface area contributed by atoms with Crippen LogP contribution >= 0.6 is 7.82 Å². The van der Waals surface area contributed by atoms with E-state index in [9.17, 15) is 19.0 Å². The van der Waals surface area contributed by atoms with Crippen molar-refractivity contribution in [3.63, 3.8) is 0 Å². The van der Waals surface area contributed by atoms with Gasteiger partial charge < -0.3 is 27.9 Å². The molecule has 0 spiro atoms. The number of hydrogen-bond acceptors (Lipinski definition) is 8. The summed E-state index contributed by atoms with van der Waals surface area (Å²) in [5.41, 5.74) is 0. The molecule has 0 bridgehead atoms. The van der Waals surface area contributed by atoms with E-state index in [2.05, 4.69) is 74.6 Å². The summed E-state index contributed by atoms with van der Waals surface area (Å²) in [5, 5.41) is 0. The summed E-state index contributed by atoms with van der Waals surface area (Å²) in [6, 6.07) is 0. The lowest BCUT2D eigenvalue weighted by Crippen LogP contribution is -2.37. The predicted octanol–water partition coefficient (Wildman–Crippen LogP) is 14.2. The maximum atomic E-state index is 12.7. The molecule has 2 unspecified atom stereocenters. The van der Waals surface area contributed by atoms with Crippen LogP contribution in [0.1, 0.15) is 206 Å². The summed E-state index contributed by atoms with van der Waals surface area (Å²) in [6.07, 6.45) is 53.9. The largest absolute Gasteiger partial charge is 0.756 e. The van der Waals surface area contributed by atoms with Crippen LogP contribution in [0.5, 0.6) is 0 Å². The number of nitrogens with zero attached hydrogens (tertiary/aromatic N) is 1. The molecule has 10 heteroatoms. The van der Waals surface area contributed by atoms with Gasteiger partial charge in [0.2, 0.25) is 0 Å². The van der Waals surface area contributed by atoms with Gasteiger partial charge in [0.25, 0.3) is 7.82 Å². The van der Waals surface area contributed by atoms with Crippen molar-refractivity contribution in [3.05, 3.63) is 60.8 Å². The number of allylic oxidation sites excluding steroid dienone is 10. The lowest BCUT2D eigenvalue weighted by Gasteiger charge is -2.28. The Bertz CT molecular complexity index is 1240. The van der Waals surface area contributed by atoms with Crippen LogP contribution in [0, 0.1) is 0 Å². The Morgan fingerprint density at radius 3 is 1.37 bits per heavy atom. The molecular weight excluding hydrogens is 798 g/mol. The van der Waals surface area contributed by atoms with Crippen molar-refractivity contribution >= 4 is 19.8 Å². The molecule has 0 aromatic heterocycles. The van der Waals surface area contributed by atoms with Crippen LogP contribution in [-0.4, -0.2) is 70.0 Å². The van der Waals surface area contributed by atoms with Gasteiger partial charge in [-0.1, -0.05) is 197 Å². The predicted molar refractivity (Wildman–Crippen MR) is 259 cm³/mol. The standard InChI is InChI=1S/C52H94NO8P/c1-6-8-10-12-14-16-18-20-22-24-25-26-27-29-31-33-35-37-39-41-43-45-52(55)61-50(49-60-62(56,57)59-47-46-53(3,4)5)48-58-51(54)44-42-40-38-36-34-32-30-28-23-21-19-17-15-13-11-9-7-2/h8,10,14,16,20,22,25-26,29,31,50H,6-7,9,11-13,15,17-19,21,23-24,27-28,30,32-49H2,1-5H3/b10-8-,16-14-,22-20-,26-25-,31-29-. The van der Waals surface area contributed by atoms with E-state index in [1.165, 1.54) is 89.9 Å². The normalized spacial score (nSPS) is 14.0. The van der Waals surface area contributed by atoms with Crippen molar-refractivity contribution in [2.45, 2.75) is 213 Å². The highest BCUT2D eigenvalue weighted by Crippen LogP contribution is 2.38. The number of esters is 2. The Morgan fingerprint density at radius 2 is 0.919 bits per heavy atom. The van der Waals surface area contributed by atoms with Crippen LogP contribution in [0.2, 0.25) is 0 Å². The molecule has 0 aliphatic heterocycles. The Kier molecular flexibility index (Phi) is 42.3. The average Bonchev–Trinajstić information content (AvgIpc) is 3.23. The summed E-state index contributed by atoms with van der Waals surface area (Å²) in [5.74, 6) is -0.852. The van der Waals surface area contributed by atoms with Gasteiger partial charge in [-0.2, -0.15) is 0 Å². The highest BCUT2D eigenvalue weighted by molar-refractivity contribution is 7.45. The van der Waals surface area contributed by atoms with Crippen molar-refractivity contribution in [1.29, 1.82) is 0 Å². The fourth-order valence-corrected chi connectivity index (χ4v) is 7.41. The molecule has 0 fully saturated rings. The van der Waals surface area contributed by atoms with Crippen molar-refractivity contribution in [1.82, 2.24) is 0 Å². The van der Waals surface area contributed by atoms with E-state index in [0.717, 1.165) is 83.5 Å². The second-order valence-electron chi connectivity index (χ2n) is 17.8. The van der Waals surface area contributed by atoms with Crippen molar-refractivity contribution < 1.29 is 42.1 Å². The fraction of sp³-hybridized carbons (Fsp3) is 0.769. The van der Waals surface area contributed by atoms with Crippen LogP contribution in [0.25, 0.3) is 0 Å². The summed E-state index contributed by atoms with van der Waals surface area (Å²) >= 11 is 0. The first-order valence-corrected chi connectivity index (χ1v) is 26.5. The Hall–Kier alpha value is -2.29. The van der Waals surface area contributed by atoms with Gasteiger partial charge in [-0.15, -0.1) is 0 Å². The number of quaternary nitrogens is 1. The number of likely N-dealkylation sites (N-methyl/N-ethyl adjacent to an activating group) is 1. The Labute approximate surface area is 381 Å². The zero-order valence-corrected chi connectivity index (χ0v) is 41.4. The topological polar surface area (TPSA) is 111 Å². The van der Waals surface area contributed by atoms with Gasteiger partial charge in [0.05, 0.1) is 27.7 Å². The van der Waals surface area contributed by atoms with Gasteiger partial charge in [0, 0.05) is 12.8 Å². The minimum Gasteiger partial charge on any atom is -0.756 e. The summed E-state index contributed by atoms with van der Waals surface area (Å²) in [4.78, 5) is 37.7. The number of carbonyl (C=O) groups is 2. The van der Waals surface area contributed by atoms with Gasteiger partial charge >= 0.3 is 11.9 Å². The molecular formula is C52H94NO8P. The molecule has 0 rings (SSSR count). The zero-order chi connectivity index (χ0) is 45.7. The first-order chi connectivity index (χ1) is 30.0. The van der Waals surface area contributed by atoms with Crippen LogP contribution in [0.15, 0.2) is 60.8 Å². The highest BCUT2D eigenvalue weighted by atomic mass is 31.2. The number of phosphoric ester groups is 1. The maximum absolute atomic E-state index is 12.7. The second kappa shape index (κ2) is 43.9. The molecule has 62 heavy (non-hydrogen) atoms. The lowest BCUT2D eigenvalue weighted by molar-refractivity contribution is -0.870. The molecule has 0 aromatic carbocycles. The van der Waals surface area contributed by atoms with Crippen molar-refractivity contribution in [2.24, 2.45) is 0 Å². The first-order valence-electron chi connectivity index (χ1n) is 25.0. The van der Waals surface area contributed by atoms with Crippen molar-refractivity contribution in [2.75, 3.05) is 47.5 Å². The highest BCUT2D eigenvalue weighted by Gasteiger charge is 2.21. The first kappa shape index (κ1) is 59.7. The molecule has 0 N–H and O–H groups in total. The summed E-state index contributed by atoms with van der Waals surface area (Å²) in [6.45, 7) is 4.11. The molecule has 0 saturated heterocycles. The number of hydrogen-bond donors (Lipinski definition) is 0. The zero-order valence-electron chi connectivity index (χ0n) is 40.6. The molecule has 9 nitrogen and oxygen atoms in total. The third kappa shape index (κ3) is 47.2. The van der Waals surface area contributed by atoms with E-state index in [-0.39, 0.29) is 32.0 Å². The fourth-order valence-electron chi connectivity index (χ4n) is 6.68. The molecule has 0 amide bonds. The molecule has 0 heterocycles. The van der Waals surface area contributed by atoms with Crippen LogP contribution in [-0.2, 0) is 32.7 Å². The Morgan fingerprint density at radius 1 is 0.516 bits per heavy atom. The van der Waals surface area contributed by atoms with Gasteiger partial charge in [-0.3, -0.25) is 14.2 Å². The van der Waals surface area contributed by atoms with E-state index in [1.807, 2.05) is 21.1 Å². The van der Waals surface area contributed by atoms with E-state index < -0.39 is 26.5 Å². The van der Waals surface area contributed by atoms with E-state index in [0.29, 0.717) is 17.4 Å². The third-order valence-electron chi connectivity index (χ3n) is 10.6.